The normalized spacial score (nSPS) is 21.9. The van der Waals surface area contributed by atoms with E-state index in [0.717, 1.165) is 12.3 Å². The standard InChI is InChI=1S/C11H23NO/c1-9(2)5-6-11(7-12,8-13)10-3-4-10/h9-10,13H,3-8,12H2,1-2H3. The van der Waals surface area contributed by atoms with Gasteiger partial charge in [0.05, 0.1) is 6.61 Å². The second-order valence-electron chi connectivity index (χ2n) is 4.93. The zero-order valence-corrected chi connectivity index (χ0v) is 8.92. The summed E-state index contributed by atoms with van der Waals surface area (Å²) in [5.41, 5.74) is 5.85. The van der Waals surface area contributed by atoms with Crippen LogP contribution in [0.1, 0.15) is 39.5 Å². The molecule has 0 aromatic heterocycles. The Hall–Kier alpha value is -0.0800. The highest BCUT2D eigenvalue weighted by molar-refractivity contribution is 4.94. The van der Waals surface area contributed by atoms with Crippen LogP contribution in [0.4, 0.5) is 0 Å². The van der Waals surface area contributed by atoms with Gasteiger partial charge in [-0.25, -0.2) is 0 Å². The fourth-order valence-corrected chi connectivity index (χ4v) is 2.02. The molecule has 1 aliphatic carbocycles. The molecule has 13 heavy (non-hydrogen) atoms. The highest BCUT2D eigenvalue weighted by Crippen LogP contribution is 2.47. The molecule has 0 heterocycles. The lowest BCUT2D eigenvalue weighted by molar-refractivity contribution is 0.0931. The third-order valence-corrected chi connectivity index (χ3v) is 3.38. The van der Waals surface area contributed by atoms with Gasteiger partial charge in [0.25, 0.3) is 0 Å². The molecule has 0 aliphatic heterocycles. The Morgan fingerprint density at radius 3 is 2.38 bits per heavy atom. The summed E-state index contributed by atoms with van der Waals surface area (Å²) in [6, 6.07) is 0. The van der Waals surface area contributed by atoms with Crippen LogP contribution in [0, 0.1) is 17.3 Å². The summed E-state index contributed by atoms with van der Waals surface area (Å²) < 4.78 is 0. The highest BCUT2D eigenvalue weighted by atomic mass is 16.3. The predicted molar refractivity (Wildman–Crippen MR) is 55.4 cm³/mol. The van der Waals surface area contributed by atoms with Gasteiger partial charge in [-0.15, -0.1) is 0 Å². The molecular formula is C11H23NO. The second-order valence-corrected chi connectivity index (χ2v) is 4.93. The zero-order chi connectivity index (χ0) is 9.90. The van der Waals surface area contributed by atoms with Crippen LogP contribution in [0.3, 0.4) is 0 Å². The van der Waals surface area contributed by atoms with Gasteiger partial charge in [-0.05, 0) is 31.1 Å². The van der Waals surface area contributed by atoms with Crippen LogP contribution in [-0.2, 0) is 0 Å². The maximum Gasteiger partial charge on any atom is 0.0502 e. The third kappa shape index (κ3) is 2.68. The molecule has 0 amide bonds. The topological polar surface area (TPSA) is 46.2 Å². The van der Waals surface area contributed by atoms with Gasteiger partial charge >= 0.3 is 0 Å². The van der Waals surface area contributed by atoms with Crippen LogP contribution in [0.15, 0.2) is 0 Å². The molecule has 78 valence electrons. The van der Waals surface area contributed by atoms with E-state index in [-0.39, 0.29) is 12.0 Å². The molecule has 0 spiro atoms. The summed E-state index contributed by atoms with van der Waals surface area (Å²) in [5, 5.41) is 9.42. The van der Waals surface area contributed by atoms with Gasteiger partial charge in [-0.2, -0.15) is 0 Å². The lowest BCUT2D eigenvalue weighted by Crippen LogP contribution is -2.36. The van der Waals surface area contributed by atoms with Gasteiger partial charge < -0.3 is 10.8 Å². The van der Waals surface area contributed by atoms with E-state index < -0.39 is 0 Å². The fraction of sp³-hybridized carbons (Fsp3) is 1.00. The summed E-state index contributed by atoms with van der Waals surface area (Å²) in [6.45, 7) is 5.39. The molecule has 1 aliphatic rings. The van der Waals surface area contributed by atoms with Crippen LogP contribution in [0.2, 0.25) is 0 Å². The first-order valence-electron chi connectivity index (χ1n) is 5.45. The Balaban J connectivity index is 2.44. The van der Waals surface area contributed by atoms with Crippen molar-refractivity contribution in [1.82, 2.24) is 0 Å². The van der Waals surface area contributed by atoms with Gasteiger partial charge in [0.2, 0.25) is 0 Å². The first-order chi connectivity index (χ1) is 6.14. The molecular weight excluding hydrogens is 162 g/mol. The van der Waals surface area contributed by atoms with Crippen molar-refractivity contribution in [2.24, 2.45) is 23.0 Å². The van der Waals surface area contributed by atoms with Crippen molar-refractivity contribution in [3.05, 3.63) is 0 Å². The van der Waals surface area contributed by atoms with Crippen molar-refractivity contribution in [3.8, 4) is 0 Å². The largest absolute Gasteiger partial charge is 0.396 e. The van der Waals surface area contributed by atoms with Crippen molar-refractivity contribution in [2.75, 3.05) is 13.2 Å². The number of hydrogen-bond acceptors (Lipinski definition) is 2. The van der Waals surface area contributed by atoms with Crippen LogP contribution in [0.25, 0.3) is 0 Å². The quantitative estimate of drug-likeness (QED) is 0.662. The van der Waals surface area contributed by atoms with Crippen LogP contribution in [0.5, 0.6) is 0 Å². The lowest BCUT2D eigenvalue weighted by Gasteiger charge is -2.31. The Bertz CT molecular complexity index is 148. The van der Waals surface area contributed by atoms with E-state index in [0.29, 0.717) is 12.5 Å². The first-order valence-corrected chi connectivity index (χ1v) is 5.45. The molecule has 0 radical (unpaired) electrons. The SMILES string of the molecule is CC(C)CCC(CN)(CO)C1CC1. The summed E-state index contributed by atoms with van der Waals surface area (Å²) in [7, 11) is 0. The van der Waals surface area contributed by atoms with Crippen molar-refractivity contribution >= 4 is 0 Å². The molecule has 1 rings (SSSR count). The summed E-state index contributed by atoms with van der Waals surface area (Å²) in [6.07, 6.45) is 4.84. The van der Waals surface area contributed by atoms with Crippen molar-refractivity contribution in [3.63, 3.8) is 0 Å². The minimum absolute atomic E-state index is 0.0598. The Morgan fingerprint density at radius 1 is 1.46 bits per heavy atom. The van der Waals surface area contributed by atoms with E-state index in [9.17, 15) is 5.11 Å². The van der Waals surface area contributed by atoms with Crippen molar-refractivity contribution in [2.45, 2.75) is 39.5 Å². The molecule has 0 aromatic rings. The van der Waals surface area contributed by atoms with Gasteiger partial charge in [-0.3, -0.25) is 0 Å². The molecule has 3 N–H and O–H groups in total. The average molecular weight is 185 g/mol. The maximum absolute atomic E-state index is 9.42. The van der Waals surface area contributed by atoms with E-state index in [1.807, 2.05) is 0 Å². The maximum atomic E-state index is 9.42. The number of aliphatic hydroxyl groups is 1. The molecule has 1 saturated carbocycles. The number of aliphatic hydroxyl groups excluding tert-OH is 1. The zero-order valence-electron chi connectivity index (χ0n) is 8.92. The van der Waals surface area contributed by atoms with E-state index in [4.69, 9.17) is 5.73 Å². The van der Waals surface area contributed by atoms with E-state index in [1.54, 1.807) is 0 Å². The molecule has 0 saturated heterocycles. The van der Waals surface area contributed by atoms with E-state index in [1.165, 1.54) is 19.3 Å². The molecule has 1 unspecified atom stereocenters. The van der Waals surface area contributed by atoms with Crippen molar-refractivity contribution in [1.29, 1.82) is 0 Å². The Morgan fingerprint density at radius 2 is 2.08 bits per heavy atom. The molecule has 1 fully saturated rings. The van der Waals surface area contributed by atoms with E-state index >= 15 is 0 Å². The molecule has 0 bridgehead atoms. The minimum Gasteiger partial charge on any atom is -0.396 e. The predicted octanol–water partition coefficient (Wildman–Crippen LogP) is 1.77. The summed E-state index contributed by atoms with van der Waals surface area (Å²) in [4.78, 5) is 0. The monoisotopic (exact) mass is 185 g/mol. The average Bonchev–Trinajstić information content (AvgIpc) is 2.91. The van der Waals surface area contributed by atoms with E-state index in [2.05, 4.69) is 13.8 Å². The summed E-state index contributed by atoms with van der Waals surface area (Å²) >= 11 is 0. The number of hydrogen-bond donors (Lipinski definition) is 2. The first kappa shape index (κ1) is 11.0. The van der Waals surface area contributed by atoms with Crippen LogP contribution >= 0.6 is 0 Å². The van der Waals surface area contributed by atoms with Crippen molar-refractivity contribution < 1.29 is 5.11 Å². The third-order valence-electron chi connectivity index (χ3n) is 3.38. The fourth-order valence-electron chi connectivity index (χ4n) is 2.02. The second kappa shape index (κ2) is 4.43. The molecule has 2 nitrogen and oxygen atoms in total. The van der Waals surface area contributed by atoms with Gasteiger partial charge in [-0.1, -0.05) is 20.3 Å². The summed E-state index contributed by atoms with van der Waals surface area (Å²) in [5.74, 6) is 1.43. The van der Waals surface area contributed by atoms with Gasteiger partial charge in [0.15, 0.2) is 0 Å². The smallest absolute Gasteiger partial charge is 0.0502 e. The van der Waals surface area contributed by atoms with Crippen LogP contribution < -0.4 is 5.73 Å². The lowest BCUT2D eigenvalue weighted by atomic mass is 9.78. The highest BCUT2D eigenvalue weighted by Gasteiger charge is 2.43. The molecule has 0 aromatic carbocycles. The van der Waals surface area contributed by atoms with Gasteiger partial charge in [0, 0.05) is 12.0 Å². The molecule has 1 atom stereocenters. The Kier molecular flexibility index (Phi) is 3.74. The Labute approximate surface area is 81.5 Å². The number of nitrogens with two attached hydrogens (primary N) is 1. The van der Waals surface area contributed by atoms with Gasteiger partial charge in [0.1, 0.15) is 0 Å². The minimum atomic E-state index is 0.0598. The van der Waals surface area contributed by atoms with Crippen LogP contribution in [-0.4, -0.2) is 18.3 Å². The molecule has 2 heteroatoms. The number of rotatable bonds is 6.